The number of para-hydroxylation sites is 4. The van der Waals surface area contributed by atoms with E-state index < -0.39 is 40.7 Å². The second-order valence-electron chi connectivity index (χ2n) is 26.4. The Labute approximate surface area is 731 Å². The van der Waals surface area contributed by atoms with Gasteiger partial charge in [-0.25, -0.2) is 38.5 Å². The topological polar surface area (TPSA) is 552 Å². The lowest BCUT2D eigenvalue weighted by atomic mass is 9.91. The number of aromatic hydroxyl groups is 2. The monoisotopic (exact) mass is 1940 g/mol. The van der Waals surface area contributed by atoms with E-state index in [9.17, 15) is 58.7 Å². The number of azo groups is 1. The molecule has 13 N–H and O–H groups in total. The molecule has 6 aromatic carbocycles. The number of carbonyl (C=O) groups is 7. The van der Waals surface area contributed by atoms with Gasteiger partial charge in [0.05, 0.1) is 88.0 Å². The molecule has 0 radical (unpaired) electrons. The van der Waals surface area contributed by atoms with Crippen LogP contribution in [0.3, 0.4) is 0 Å². The summed E-state index contributed by atoms with van der Waals surface area (Å²) in [5.41, 5.74) is 24.0. The molecule has 1 amide bonds. The third kappa shape index (κ3) is 23.2. The first-order valence-electron chi connectivity index (χ1n) is 36.2. The van der Waals surface area contributed by atoms with E-state index in [0.29, 0.717) is 81.7 Å². The number of hydrogen-bond acceptors (Lipinski definition) is 25. The Kier molecular flexibility index (Phi) is 31.7. The van der Waals surface area contributed by atoms with Crippen LogP contribution >= 0.6 is 64.8 Å². The molecule has 0 saturated carbocycles. The number of fused-ring (bicyclic) bond motifs is 2. The highest BCUT2D eigenvalue weighted by molar-refractivity contribution is 9.13. The van der Waals surface area contributed by atoms with Crippen molar-refractivity contribution in [3.8, 4) is 73.2 Å². The Morgan fingerprint density at radius 1 is 0.512 bits per heavy atom. The number of carboxylic acids is 6. The lowest BCUT2D eigenvalue weighted by Crippen LogP contribution is -2.20. The number of aromatic carboxylic acids is 6. The van der Waals surface area contributed by atoms with Gasteiger partial charge < -0.3 is 88.3 Å². The van der Waals surface area contributed by atoms with Gasteiger partial charge in [0.25, 0.3) is 11.5 Å². The maximum absolute atomic E-state index is 13.1. The van der Waals surface area contributed by atoms with Crippen LogP contribution in [0.1, 0.15) is 130 Å². The fourth-order valence-corrected chi connectivity index (χ4v) is 13.3. The number of rotatable bonds is 17. The number of ether oxygens (including phenoxy) is 2. The van der Waals surface area contributed by atoms with Crippen molar-refractivity contribution in [1.29, 1.82) is 0 Å². The molecule has 0 spiro atoms. The van der Waals surface area contributed by atoms with Crippen LogP contribution < -0.4 is 31.5 Å². The molecule has 2 aliphatic carbocycles. The van der Waals surface area contributed by atoms with Crippen LogP contribution in [0, 0.1) is 17.0 Å². The van der Waals surface area contributed by atoms with Gasteiger partial charge >= 0.3 is 41.5 Å². The van der Waals surface area contributed by atoms with E-state index in [0.717, 1.165) is 42.8 Å². The number of H-pyrrole nitrogens is 1. The van der Waals surface area contributed by atoms with E-state index in [1.54, 1.807) is 72.6 Å². The average molecular weight is 1940 g/mol. The number of methoxy groups -OCH3 is 2. The zero-order valence-electron chi connectivity index (χ0n) is 64.9. The second kappa shape index (κ2) is 42.1. The average Bonchev–Trinajstić information content (AvgIpc) is 1.71. The van der Waals surface area contributed by atoms with Crippen molar-refractivity contribution < 1.29 is 115 Å². The standard InChI is InChI=1S/C25H22N4O5.C14H16N2O.C12H9NO6.C12H11NO4.C11H9NO4.C5H2Br2O3.C5H3BrO3.BrH/c1-14-22(24(31)29(28-14)18-10-9-15-5-2-3-6-16(15)11-18)27-26-20-8-4-7-19(23(20)30)17-12-21(25(32)33)34-13-17;1-10-8-14(17)16(15-10)13-7-6-11-4-2-3-5-12(11)9-13;1-18-11-8(3-2-4-9(11)13(16)17)7-5-10(12(14)15)19-6-7;1-16-11-8(3-2-4-9(11)13)7-5-10(12(14)15)17-6-7;12-8-3-1-2-7(10(8)13)6-4-9(11(14)15)16-5-6;6-2-1-3(5(8)9)10-4(2)7;6-3-1-4(5(7)8)9-2-3;/h4,7-13,28,30H,2-3,5-6H2,1H3,(H,32,33);6-7,9H,2-5,8H2,1H3;2-6H,1H3,(H,14,15);2-6H,13H2,1H3,(H,14,15);1-5,13H,12H2,(H,14,15);1H,(H,8,9);1-2H,(H,7,8);1H. The molecule has 16 rings (SSSR count). The summed E-state index contributed by atoms with van der Waals surface area (Å²) in [6, 6.07) is 39.7. The molecule has 35 nitrogen and oxygen atoms in total. The van der Waals surface area contributed by atoms with Crippen LogP contribution in [0.5, 0.6) is 23.0 Å². The lowest BCUT2D eigenvalue weighted by molar-refractivity contribution is -0.385. The number of phenols is 2. The first-order valence-corrected chi connectivity index (χ1v) is 38.5. The van der Waals surface area contributed by atoms with Crippen molar-refractivity contribution in [2.75, 3.05) is 30.7 Å². The summed E-state index contributed by atoms with van der Waals surface area (Å²) in [7, 11) is 2.82. The van der Waals surface area contributed by atoms with Crippen LogP contribution in [-0.2, 0) is 30.5 Å². The molecule has 0 saturated heterocycles. The molecular weight excluding hydrogens is 1870 g/mol. The summed E-state index contributed by atoms with van der Waals surface area (Å²) in [4.78, 5) is 98.6. The Morgan fingerprint density at radius 2 is 0.935 bits per heavy atom. The molecule has 638 valence electrons. The second-order valence-corrected chi connectivity index (χ2v) is 28.9. The van der Waals surface area contributed by atoms with Crippen molar-refractivity contribution in [3.05, 3.63) is 274 Å². The normalized spacial score (nSPS) is 12.1. The molecule has 0 unspecified atom stereocenters. The summed E-state index contributed by atoms with van der Waals surface area (Å²) >= 11 is 9.13. The van der Waals surface area contributed by atoms with E-state index in [4.69, 9.17) is 73.7 Å². The van der Waals surface area contributed by atoms with Gasteiger partial charge in [0, 0.05) is 68.4 Å². The lowest BCUT2D eigenvalue weighted by Gasteiger charge is -2.19. The Hall–Kier alpha value is -14.3. The predicted molar refractivity (Wildman–Crippen MR) is 461 cm³/mol. The number of nitro groups is 1. The molecule has 3 aliphatic rings. The Balaban J connectivity index is 0.000000170. The molecule has 1 aliphatic heterocycles. The van der Waals surface area contributed by atoms with Crippen molar-refractivity contribution in [2.24, 2.45) is 15.3 Å². The van der Waals surface area contributed by atoms with Gasteiger partial charge in [-0.2, -0.15) is 5.10 Å². The predicted octanol–water partition coefficient (Wildman–Crippen LogP) is 19.7. The number of nitrogen functional groups attached to an aromatic ring is 2. The molecule has 39 heteroatoms. The minimum Gasteiger partial charge on any atom is -0.505 e. The smallest absolute Gasteiger partial charge is 0.371 e. The maximum Gasteiger partial charge on any atom is 0.371 e. The van der Waals surface area contributed by atoms with Crippen LogP contribution in [-0.4, -0.2) is 117 Å². The SMILES string of the molecule is Br.CC1=NN(c2ccc3c(c2)CCCC3)C(=O)C1.COc1c(-c2coc(C(=O)O)c2)cccc1[N+](=O)[O-].COc1c(N)cccc1-c1coc(C(=O)O)c1.Cc1[nH]n(-c2ccc3c(c2)CCCC3)c(=O)c1N=Nc1cccc(-c2coc(C(=O)O)c2)c1O.Nc1cccc(-c2coc(C(=O)O)c2)c1O.O=C(O)c1cc(Br)c(Br)o1.O=C(O)c1cc(Br)co1. The minimum absolute atomic E-state index is 0. The fraction of sp³-hybridized carbons (Fsp3) is 0.155. The molecule has 0 bridgehead atoms. The molecular formula is C84H73Br4N9O26. The van der Waals surface area contributed by atoms with Crippen LogP contribution in [0.4, 0.5) is 34.1 Å². The molecule has 13 aromatic rings. The van der Waals surface area contributed by atoms with E-state index in [1.165, 1.54) is 147 Å². The van der Waals surface area contributed by atoms with Gasteiger partial charge in [0.2, 0.25) is 40.3 Å². The van der Waals surface area contributed by atoms with Gasteiger partial charge in [-0.05, 0) is 202 Å². The zero-order chi connectivity index (χ0) is 88.3. The summed E-state index contributed by atoms with van der Waals surface area (Å²) in [6.45, 7) is 3.64. The van der Waals surface area contributed by atoms with Gasteiger partial charge in [-0.1, -0.05) is 60.7 Å². The number of halogens is 4. The highest BCUT2D eigenvalue weighted by atomic mass is 79.9. The number of hydrogen-bond donors (Lipinski definition) is 11. The summed E-state index contributed by atoms with van der Waals surface area (Å²) in [5, 5.41) is 100. The van der Waals surface area contributed by atoms with Crippen molar-refractivity contribution in [1.82, 2.24) is 9.78 Å². The fourth-order valence-electron chi connectivity index (χ4n) is 12.4. The number of furan rings is 6. The number of anilines is 3. The van der Waals surface area contributed by atoms with E-state index in [1.807, 2.05) is 25.1 Å². The number of nitro benzene ring substituents is 1. The van der Waals surface area contributed by atoms with Crippen molar-refractivity contribution in [3.63, 3.8) is 0 Å². The molecule has 123 heavy (non-hydrogen) atoms. The number of benzene rings is 6. The zero-order valence-corrected chi connectivity index (χ0v) is 71.4. The van der Waals surface area contributed by atoms with Crippen LogP contribution in [0.25, 0.3) is 50.2 Å². The van der Waals surface area contributed by atoms with Gasteiger partial charge in [0.15, 0.2) is 16.1 Å². The first kappa shape index (κ1) is 92.6. The number of amides is 1. The Bertz CT molecular complexity index is 6200. The van der Waals surface area contributed by atoms with Gasteiger partial charge in [0.1, 0.15) is 23.4 Å². The number of hydrazone groups is 1. The van der Waals surface area contributed by atoms with Gasteiger partial charge in [-0.3, -0.25) is 24.8 Å². The number of aromatic nitrogens is 2. The molecule has 7 aromatic heterocycles. The largest absolute Gasteiger partial charge is 0.505 e. The van der Waals surface area contributed by atoms with E-state index in [2.05, 4.69) is 90.8 Å². The van der Waals surface area contributed by atoms with Crippen molar-refractivity contribution >= 4 is 146 Å². The van der Waals surface area contributed by atoms with Gasteiger partial charge in [-0.15, -0.1) is 27.2 Å². The third-order valence-corrected chi connectivity index (χ3v) is 20.4. The van der Waals surface area contributed by atoms with Crippen LogP contribution in [0.15, 0.2) is 237 Å². The quantitative estimate of drug-likeness (QED) is 0.0133. The van der Waals surface area contributed by atoms with E-state index in [-0.39, 0.29) is 103 Å². The summed E-state index contributed by atoms with van der Waals surface area (Å²) < 4.78 is 42.2. The molecule has 0 atom stereocenters. The van der Waals surface area contributed by atoms with Crippen molar-refractivity contribution in [2.45, 2.75) is 71.6 Å². The number of carbonyl (C=O) groups excluding carboxylic acids is 1. The van der Waals surface area contributed by atoms with E-state index >= 15 is 0 Å². The highest BCUT2D eigenvalue weighted by Gasteiger charge is 2.27. The number of nitrogens with two attached hydrogens (primary N) is 2. The number of nitrogens with one attached hydrogen (secondary N) is 1. The first-order chi connectivity index (χ1) is 58.2. The number of carboxylic acid groups (broad SMARTS) is 6. The number of aromatic amines is 1. The van der Waals surface area contributed by atoms with Crippen LogP contribution in [0.2, 0.25) is 0 Å². The summed E-state index contributed by atoms with van der Waals surface area (Å²) in [6.07, 6.45) is 16.1. The number of nitrogens with zero attached hydrogens (tertiary/aromatic N) is 6. The number of aryl methyl sites for hydroxylation is 5. The summed E-state index contributed by atoms with van der Waals surface area (Å²) in [5.74, 6) is -7.39. The minimum atomic E-state index is -1.21. The molecule has 8 heterocycles. The Morgan fingerprint density at radius 3 is 1.36 bits per heavy atom. The number of phenolic OH excluding ortho intramolecular Hbond substituents is 2. The maximum atomic E-state index is 13.1. The third-order valence-electron chi connectivity index (χ3n) is 18.2. The molecule has 0 fully saturated rings. The highest BCUT2D eigenvalue weighted by Crippen LogP contribution is 2.42.